The van der Waals surface area contributed by atoms with Crippen molar-refractivity contribution in [2.24, 2.45) is 0 Å². The second-order valence-electron chi connectivity index (χ2n) is 5.36. The van der Waals surface area contributed by atoms with Gasteiger partial charge in [-0.05, 0) is 19.9 Å². The number of aryl methyl sites for hydroxylation is 2. The third kappa shape index (κ3) is 2.13. The lowest BCUT2D eigenvalue weighted by molar-refractivity contribution is 0.830. The zero-order valence-electron chi connectivity index (χ0n) is 12.7. The first-order valence-corrected chi connectivity index (χ1v) is 7.20. The summed E-state index contributed by atoms with van der Waals surface area (Å²) in [6.07, 6.45) is 1.60. The topological polar surface area (TPSA) is 80.9 Å². The fourth-order valence-corrected chi connectivity index (χ4v) is 2.63. The van der Waals surface area contributed by atoms with Gasteiger partial charge in [0.15, 0.2) is 5.65 Å². The van der Waals surface area contributed by atoms with Gasteiger partial charge in [0.05, 0.1) is 11.9 Å². The van der Waals surface area contributed by atoms with E-state index in [1.165, 1.54) is 4.52 Å². The maximum absolute atomic E-state index is 12.3. The third-order valence-electron chi connectivity index (χ3n) is 3.65. The number of nitrogens with zero attached hydrogens (tertiary/aromatic N) is 5. The lowest BCUT2D eigenvalue weighted by Gasteiger charge is -2.04. The molecule has 0 bridgehead atoms. The number of fused-ring (bicyclic) bond motifs is 1. The smallest absolute Gasteiger partial charge is 0.290 e. The normalized spacial score (nSPS) is 11.2. The molecule has 0 aliphatic heterocycles. The fourth-order valence-electron chi connectivity index (χ4n) is 2.63. The zero-order chi connectivity index (χ0) is 16.0. The van der Waals surface area contributed by atoms with Crippen molar-refractivity contribution in [3.05, 3.63) is 64.5 Å². The molecule has 0 atom stereocenters. The van der Waals surface area contributed by atoms with Crippen molar-refractivity contribution in [2.75, 3.05) is 0 Å². The maximum atomic E-state index is 12.3. The number of aromatic nitrogens is 6. The molecule has 3 heterocycles. The molecule has 7 nitrogen and oxygen atoms in total. The van der Waals surface area contributed by atoms with Gasteiger partial charge in [0, 0.05) is 11.3 Å². The molecule has 0 saturated heterocycles. The van der Waals surface area contributed by atoms with Crippen LogP contribution < -0.4 is 5.69 Å². The maximum Gasteiger partial charge on any atom is 0.349 e. The van der Waals surface area contributed by atoms with Crippen LogP contribution in [0.15, 0.2) is 47.4 Å². The Hall–Kier alpha value is -3.22. The highest BCUT2D eigenvalue weighted by Crippen LogP contribution is 2.18. The Bertz CT molecular complexity index is 1060. The largest absolute Gasteiger partial charge is 0.349 e. The number of hydrogen-bond acceptors (Lipinski definition) is 4. The van der Waals surface area contributed by atoms with Crippen LogP contribution >= 0.6 is 0 Å². The van der Waals surface area contributed by atoms with Gasteiger partial charge in [-0.15, -0.1) is 0 Å². The van der Waals surface area contributed by atoms with E-state index in [4.69, 9.17) is 0 Å². The number of benzene rings is 1. The van der Waals surface area contributed by atoms with Crippen LogP contribution in [0.25, 0.3) is 22.7 Å². The summed E-state index contributed by atoms with van der Waals surface area (Å²) in [7, 11) is 0. The minimum atomic E-state index is -0.332. The highest BCUT2D eigenvalue weighted by atomic mass is 16.1. The van der Waals surface area contributed by atoms with Crippen LogP contribution in [-0.4, -0.2) is 29.4 Å². The minimum absolute atomic E-state index is 0.332. The third-order valence-corrected chi connectivity index (χ3v) is 3.65. The van der Waals surface area contributed by atoms with E-state index >= 15 is 0 Å². The van der Waals surface area contributed by atoms with Gasteiger partial charge in [0.2, 0.25) is 0 Å². The van der Waals surface area contributed by atoms with Gasteiger partial charge < -0.3 is 0 Å². The fraction of sp³-hybridized carbons (Fsp3) is 0.125. The standard InChI is InChI=1S/C16H14N6O/c1-10-8-11(2)21(20-10)13-9-17-22-15(13)18-14(19-16(22)23)12-6-4-3-5-7-12/h3-9H,1-2H3,(H,18,19,23). The number of nitrogens with one attached hydrogen (secondary N) is 1. The minimum Gasteiger partial charge on any atom is -0.290 e. The molecule has 4 aromatic rings. The summed E-state index contributed by atoms with van der Waals surface area (Å²) in [5.41, 5.74) is 3.52. The molecular weight excluding hydrogens is 292 g/mol. The van der Waals surface area contributed by atoms with Crippen molar-refractivity contribution in [1.29, 1.82) is 0 Å². The van der Waals surface area contributed by atoms with Crippen molar-refractivity contribution in [2.45, 2.75) is 13.8 Å². The summed E-state index contributed by atoms with van der Waals surface area (Å²) in [4.78, 5) is 19.6. The van der Waals surface area contributed by atoms with E-state index in [2.05, 4.69) is 20.2 Å². The molecule has 23 heavy (non-hydrogen) atoms. The van der Waals surface area contributed by atoms with Crippen LogP contribution in [0.4, 0.5) is 0 Å². The van der Waals surface area contributed by atoms with Crippen molar-refractivity contribution >= 4 is 5.65 Å². The van der Waals surface area contributed by atoms with Crippen LogP contribution in [0.5, 0.6) is 0 Å². The van der Waals surface area contributed by atoms with Crippen molar-refractivity contribution in [3.63, 3.8) is 0 Å². The van der Waals surface area contributed by atoms with E-state index < -0.39 is 0 Å². The van der Waals surface area contributed by atoms with Gasteiger partial charge in [-0.2, -0.15) is 14.7 Å². The molecule has 0 radical (unpaired) electrons. The van der Waals surface area contributed by atoms with Gasteiger partial charge in [-0.3, -0.25) is 4.98 Å². The van der Waals surface area contributed by atoms with E-state index in [1.54, 1.807) is 10.9 Å². The van der Waals surface area contributed by atoms with Gasteiger partial charge >= 0.3 is 5.69 Å². The Balaban J connectivity index is 2.00. The predicted octanol–water partition coefficient (Wildman–Crippen LogP) is 1.89. The monoisotopic (exact) mass is 306 g/mol. The van der Waals surface area contributed by atoms with Crippen LogP contribution in [-0.2, 0) is 0 Å². The molecule has 0 saturated carbocycles. The van der Waals surface area contributed by atoms with Crippen molar-refractivity contribution in [1.82, 2.24) is 29.4 Å². The summed E-state index contributed by atoms with van der Waals surface area (Å²) >= 11 is 0. The van der Waals surface area contributed by atoms with Gasteiger partial charge in [-0.1, -0.05) is 30.3 Å². The van der Waals surface area contributed by atoms with Crippen LogP contribution in [0.2, 0.25) is 0 Å². The van der Waals surface area contributed by atoms with Crippen LogP contribution in [0.1, 0.15) is 11.4 Å². The average molecular weight is 306 g/mol. The average Bonchev–Trinajstić information content (AvgIpc) is 3.11. The van der Waals surface area contributed by atoms with Crippen molar-refractivity contribution < 1.29 is 0 Å². The zero-order valence-corrected chi connectivity index (χ0v) is 12.7. The molecule has 1 N–H and O–H groups in total. The highest BCUT2D eigenvalue weighted by molar-refractivity contribution is 5.63. The Morgan fingerprint density at radius 2 is 1.91 bits per heavy atom. The number of rotatable bonds is 2. The Morgan fingerprint density at radius 1 is 1.13 bits per heavy atom. The van der Waals surface area contributed by atoms with Gasteiger partial charge in [0.1, 0.15) is 11.5 Å². The first-order valence-electron chi connectivity index (χ1n) is 7.20. The van der Waals surface area contributed by atoms with E-state index in [0.717, 1.165) is 17.0 Å². The Kier molecular flexibility index (Phi) is 2.87. The molecule has 0 aliphatic rings. The van der Waals surface area contributed by atoms with Crippen molar-refractivity contribution in [3.8, 4) is 17.1 Å². The molecule has 114 valence electrons. The Morgan fingerprint density at radius 3 is 2.61 bits per heavy atom. The lowest BCUT2D eigenvalue weighted by atomic mass is 10.2. The molecule has 4 rings (SSSR count). The number of hydrogen-bond donors (Lipinski definition) is 1. The molecule has 0 amide bonds. The molecular formula is C16H14N6O. The summed E-state index contributed by atoms with van der Waals surface area (Å²) in [6.45, 7) is 3.87. The van der Waals surface area contributed by atoms with Crippen LogP contribution in [0.3, 0.4) is 0 Å². The molecule has 3 aromatic heterocycles. The molecule has 7 heteroatoms. The lowest BCUT2D eigenvalue weighted by Crippen LogP contribution is -2.19. The van der Waals surface area contributed by atoms with E-state index in [0.29, 0.717) is 17.2 Å². The SMILES string of the molecule is Cc1cc(C)n(-c2cnn3c(=O)[nH]c(-c4ccccc4)nc23)n1. The molecule has 0 unspecified atom stereocenters. The number of aromatic amines is 1. The molecule has 0 aliphatic carbocycles. The quantitative estimate of drug-likeness (QED) is 0.613. The first kappa shape index (κ1) is 13.4. The van der Waals surface area contributed by atoms with E-state index in [-0.39, 0.29) is 5.69 Å². The van der Waals surface area contributed by atoms with E-state index in [9.17, 15) is 4.79 Å². The molecule has 0 spiro atoms. The highest BCUT2D eigenvalue weighted by Gasteiger charge is 2.15. The summed E-state index contributed by atoms with van der Waals surface area (Å²) in [5, 5.41) is 8.58. The second kappa shape index (κ2) is 4.91. The summed E-state index contributed by atoms with van der Waals surface area (Å²) in [5.74, 6) is 0.506. The summed E-state index contributed by atoms with van der Waals surface area (Å²) in [6, 6.07) is 11.5. The Labute approximate surface area is 131 Å². The first-order chi connectivity index (χ1) is 11.1. The molecule has 1 aromatic carbocycles. The predicted molar refractivity (Wildman–Crippen MR) is 85.6 cm³/mol. The van der Waals surface area contributed by atoms with Crippen LogP contribution in [0, 0.1) is 13.8 Å². The van der Waals surface area contributed by atoms with Gasteiger partial charge in [0.25, 0.3) is 0 Å². The second-order valence-corrected chi connectivity index (χ2v) is 5.36. The molecule has 0 fully saturated rings. The van der Waals surface area contributed by atoms with Gasteiger partial charge in [-0.25, -0.2) is 14.5 Å². The number of H-pyrrole nitrogens is 1. The van der Waals surface area contributed by atoms with E-state index in [1.807, 2.05) is 50.2 Å². The summed E-state index contributed by atoms with van der Waals surface area (Å²) < 4.78 is 3.00.